The summed E-state index contributed by atoms with van der Waals surface area (Å²) in [6, 6.07) is 0. The molecule has 0 aliphatic heterocycles. The van der Waals surface area contributed by atoms with Gasteiger partial charge in [-0.1, -0.05) is 11.8 Å². The molecule has 0 aliphatic rings. The first-order valence-corrected chi connectivity index (χ1v) is 5.55. The van der Waals surface area contributed by atoms with Gasteiger partial charge in [-0.05, 0) is 27.3 Å². The Morgan fingerprint density at radius 2 is 2.14 bits per heavy atom. The zero-order valence-electron chi connectivity index (χ0n) is 8.92. The van der Waals surface area contributed by atoms with Gasteiger partial charge in [0, 0.05) is 6.54 Å². The Bertz CT molecular complexity index is 373. The molecule has 14 heavy (non-hydrogen) atoms. The van der Waals surface area contributed by atoms with E-state index in [1.54, 1.807) is 0 Å². The van der Waals surface area contributed by atoms with E-state index in [0.29, 0.717) is 11.7 Å². The van der Waals surface area contributed by atoms with Gasteiger partial charge in [-0.15, -0.1) is 0 Å². The highest BCUT2D eigenvalue weighted by Crippen LogP contribution is 2.08. The van der Waals surface area contributed by atoms with Crippen LogP contribution in [0.1, 0.15) is 11.3 Å². The van der Waals surface area contributed by atoms with Gasteiger partial charge >= 0.3 is 0 Å². The lowest BCUT2D eigenvalue weighted by Gasteiger charge is -2.10. The van der Waals surface area contributed by atoms with Crippen LogP contribution in [0.2, 0.25) is 0 Å². The maximum absolute atomic E-state index is 11.6. The number of H-pyrrole nitrogens is 1. The predicted molar refractivity (Wildman–Crippen MR) is 58.8 cm³/mol. The molecule has 1 N–H and O–H groups in total. The van der Waals surface area contributed by atoms with E-state index in [0.717, 1.165) is 11.3 Å². The third-order valence-electron chi connectivity index (χ3n) is 1.87. The number of aromatic amines is 1. The van der Waals surface area contributed by atoms with Crippen LogP contribution in [0, 0.1) is 6.92 Å². The van der Waals surface area contributed by atoms with Gasteiger partial charge in [0.1, 0.15) is 0 Å². The Morgan fingerprint density at radius 1 is 1.50 bits per heavy atom. The average Bonchev–Trinajstić information content (AvgIpc) is 2.10. The minimum Gasteiger partial charge on any atom is -0.305 e. The lowest BCUT2D eigenvalue weighted by atomic mass is 10.2. The number of rotatable bonds is 3. The minimum absolute atomic E-state index is 0.0319. The number of thioether (sulfide) groups is 1. The van der Waals surface area contributed by atoms with E-state index >= 15 is 0 Å². The molecule has 0 saturated heterocycles. The van der Waals surface area contributed by atoms with Crippen molar-refractivity contribution in [2.45, 2.75) is 18.6 Å². The molecule has 78 valence electrons. The van der Waals surface area contributed by atoms with Gasteiger partial charge in [0.15, 0.2) is 5.16 Å². The fraction of sp³-hybridized carbons (Fsp3) is 0.556. The number of nitrogens with one attached hydrogen (secondary N) is 1. The summed E-state index contributed by atoms with van der Waals surface area (Å²) in [4.78, 5) is 20.6. The number of hydrogen-bond donors (Lipinski definition) is 1. The first-order chi connectivity index (χ1) is 6.54. The van der Waals surface area contributed by atoms with Crippen LogP contribution >= 0.6 is 11.8 Å². The zero-order chi connectivity index (χ0) is 10.7. The fourth-order valence-electron chi connectivity index (χ4n) is 1.18. The smallest absolute Gasteiger partial charge is 0.256 e. The molecular weight excluding hydrogens is 198 g/mol. The molecule has 0 saturated carbocycles. The van der Waals surface area contributed by atoms with E-state index < -0.39 is 0 Å². The Labute approximate surface area is 87.7 Å². The Kier molecular flexibility index (Phi) is 3.71. The highest BCUT2D eigenvalue weighted by atomic mass is 32.2. The van der Waals surface area contributed by atoms with Crippen LogP contribution in [-0.2, 0) is 6.54 Å². The topological polar surface area (TPSA) is 49.0 Å². The summed E-state index contributed by atoms with van der Waals surface area (Å²) >= 11 is 1.44. The van der Waals surface area contributed by atoms with Crippen molar-refractivity contribution in [3.63, 3.8) is 0 Å². The summed E-state index contributed by atoms with van der Waals surface area (Å²) in [6.07, 6.45) is 1.89. The van der Waals surface area contributed by atoms with Crippen molar-refractivity contribution < 1.29 is 0 Å². The van der Waals surface area contributed by atoms with Crippen LogP contribution in [0.4, 0.5) is 0 Å². The molecule has 1 rings (SSSR count). The second-order valence-corrected chi connectivity index (χ2v) is 4.17. The summed E-state index contributed by atoms with van der Waals surface area (Å²) in [5.41, 5.74) is 1.52. The van der Waals surface area contributed by atoms with Crippen molar-refractivity contribution in [3.05, 3.63) is 21.6 Å². The van der Waals surface area contributed by atoms with Crippen molar-refractivity contribution in [1.82, 2.24) is 14.9 Å². The molecule has 0 atom stereocenters. The van der Waals surface area contributed by atoms with Gasteiger partial charge in [0.2, 0.25) is 0 Å². The van der Waals surface area contributed by atoms with Crippen LogP contribution in [-0.4, -0.2) is 35.2 Å². The molecule has 5 heteroatoms. The van der Waals surface area contributed by atoms with E-state index in [1.165, 1.54) is 11.8 Å². The Hall–Kier alpha value is -0.810. The van der Waals surface area contributed by atoms with Crippen molar-refractivity contribution in [2.24, 2.45) is 0 Å². The second-order valence-electron chi connectivity index (χ2n) is 3.38. The average molecular weight is 213 g/mol. The largest absolute Gasteiger partial charge is 0.305 e. The maximum atomic E-state index is 11.6. The number of aromatic nitrogens is 2. The van der Waals surface area contributed by atoms with Crippen molar-refractivity contribution in [3.8, 4) is 0 Å². The van der Waals surface area contributed by atoms with Gasteiger partial charge in [0.05, 0.1) is 11.3 Å². The van der Waals surface area contributed by atoms with Gasteiger partial charge in [-0.25, -0.2) is 4.98 Å². The molecule has 0 spiro atoms. The standard InChI is InChI=1S/C9H15N3OS/c1-6-7(5-12(2)3)8(13)11-9(10-6)14-4/h5H2,1-4H3,(H,10,11,13). The Morgan fingerprint density at radius 3 is 2.57 bits per heavy atom. The third-order valence-corrected chi connectivity index (χ3v) is 2.45. The normalized spacial score (nSPS) is 10.9. The van der Waals surface area contributed by atoms with Gasteiger partial charge in [0.25, 0.3) is 5.56 Å². The lowest BCUT2D eigenvalue weighted by Crippen LogP contribution is -2.23. The Balaban J connectivity index is 3.12. The molecule has 0 aliphatic carbocycles. The monoisotopic (exact) mass is 213 g/mol. The highest BCUT2D eigenvalue weighted by Gasteiger charge is 2.08. The van der Waals surface area contributed by atoms with Crippen molar-refractivity contribution in [2.75, 3.05) is 20.4 Å². The summed E-state index contributed by atoms with van der Waals surface area (Å²) < 4.78 is 0. The lowest BCUT2D eigenvalue weighted by molar-refractivity contribution is 0.397. The van der Waals surface area contributed by atoms with E-state index in [4.69, 9.17) is 0 Å². The molecule has 1 heterocycles. The molecule has 0 unspecified atom stereocenters. The molecule has 0 fully saturated rings. The number of nitrogens with zero attached hydrogens (tertiary/aromatic N) is 2. The summed E-state index contributed by atoms with van der Waals surface area (Å²) in [6.45, 7) is 2.50. The van der Waals surface area contributed by atoms with Crippen LogP contribution in [0.15, 0.2) is 9.95 Å². The minimum atomic E-state index is -0.0319. The molecule has 1 aromatic heterocycles. The first-order valence-electron chi connectivity index (χ1n) is 4.33. The van der Waals surface area contributed by atoms with E-state index in [1.807, 2.05) is 32.2 Å². The van der Waals surface area contributed by atoms with Gasteiger partial charge in [-0.3, -0.25) is 4.79 Å². The summed E-state index contributed by atoms with van der Waals surface area (Å²) in [5.74, 6) is 0. The SMILES string of the molecule is CSc1nc(C)c(CN(C)C)c(=O)[nH]1. The van der Waals surface area contributed by atoms with Gasteiger partial charge in [-0.2, -0.15) is 0 Å². The fourth-order valence-corrected chi connectivity index (χ4v) is 1.61. The number of aryl methyl sites for hydroxylation is 1. The zero-order valence-corrected chi connectivity index (χ0v) is 9.73. The molecule has 1 aromatic rings. The van der Waals surface area contributed by atoms with Gasteiger partial charge < -0.3 is 9.88 Å². The van der Waals surface area contributed by atoms with Crippen LogP contribution < -0.4 is 5.56 Å². The van der Waals surface area contributed by atoms with E-state index in [9.17, 15) is 4.79 Å². The second kappa shape index (κ2) is 4.61. The quantitative estimate of drug-likeness (QED) is 0.597. The van der Waals surface area contributed by atoms with E-state index in [2.05, 4.69) is 9.97 Å². The predicted octanol–water partition coefficient (Wildman–Crippen LogP) is 0.862. The van der Waals surface area contributed by atoms with Crippen LogP contribution in [0.25, 0.3) is 0 Å². The molecule has 0 aromatic carbocycles. The molecule has 0 amide bonds. The third kappa shape index (κ3) is 2.59. The molecule has 0 bridgehead atoms. The van der Waals surface area contributed by atoms with Crippen molar-refractivity contribution >= 4 is 11.8 Å². The molecule has 0 radical (unpaired) electrons. The summed E-state index contributed by atoms with van der Waals surface area (Å²) in [7, 11) is 3.86. The maximum Gasteiger partial charge on any atom is 0.256 e. The van der Waals surface area contributed by atoms with E-state index in [-0.39, 0.29) is 5.56 Å². The highest BCUT2D eigenvalue weighted by molar-refractivity contribution is 7.98. The van der Waals surface area contributed by atoms with Crippen molar-refractivity contribution in [1.29, 1.82) is 0 Å². The molecule has 4 nitrogen and oxygen atoms in total. The number of hydrogen-bond acceptors (Lipinski definition) is 4. The first kappa shape index (κ1) is 11.3. The summed E-state index contributed by atoms with van der Waals surface area (Å²) in [5, 5.41) is 0.676. The van der Waals surface area contributed by atoms with Crippen LogP contribution in [0.5, 0.6) is 0 Å². The van der Waals surface area contributed by atoms with Crippen LogP contribution in [0.3, 0.4) is 0 Å². The molecular formula is C9H15N3OS.